The second kappa shape index (κ2) is 3.92. The van der Waals surface area contributed by atoms with E-state index < -0.39 is 5.97 Å². The summed E-state index contributed by atoms with van der Waals surface area (Å²) in [6.07, 6.45) is 3.04. The first-order chi connectivity index (χ1) is 8.77. The molecule has 0 unspecified atom stereocenters. The fourth-order valence-electron chi connectivity index (χ4n) is 1.80. The Kier molecular flexibility index (Phi) is 2.26. The van der Waals surface area contributed by atoms with Gasteiger partial charge in [-0.15, -0.1) is 10.2 Å². The van der Waals surface area contributed by atoms with Crippen LogP contribution < -0.4 is 0 Å². The zero-order valence-corrected chi connectivity index (χ0v) is 9.19. The van der Waals surface area contributed by atoms with Crippen molar-refractivity contribution in [1.29, 1.82) is 0 Å². The van der Waals surface area contributed by atoms with Gasteiger partial charge in [-0.3, -0.25) is 4.57 Å². The van der Waals surface area contributed by atoms with Gasteiger partial charge in [0, 0.05) is 5.69 Å². The standard InChI is InChI=1S/C12H8N4O2/c17-12(18)10-11-9(14-15-10)6-13-7-16(11)8-4-2-1-3-5-8/h1-7H,(H,17,18). The summed E-state index contributed by atoms with van der Waals surface area (Å²) in [6, 6.07) is 9.34. The molecule has 18 heavy (non-hydrogen) atoms. The van der Waals surface area contributed by atoms with Gasteiger partial charge in [-0.05, 0) is 12.1 Å². The molecule has 1 aromatic rings. The molecule has 0 atom stereocenters. The molecule has 0 saturated heterocycles. The summed E-state index contributed by atoms with van der Waals surface area (Å²) in [4.78, 5) is 15.2. The third-order valence-electron chi connectivity index (χ3n) is 2.58. The van der Waals surface area contributed by atoms with Crippen molar-refractivity contribution in [3.05, 3.63) is 48.5 Å². The van der Waals surface area contributed by atoms with E-state index in [0.717, 1.165) is 5.69 Å². The van der Waals surface area contributed by atoms with Crippen molar-refractivity contribution in [2.24, 2.45) is 0 Å². The van der Waals surface area contributed by atoms with Crippen LogP contribution in [-0.2, 0) is 0 Å². The Balaban J connectivity index is 2.30. The number of benzene rings is 1. The third-order valence-corrected chi connectivity index (χ3v) is 2.58. The molecule has 6 nitrogen and oxygen atoms in total. The van der Waals surface area contributed by atoms with E-state index in [-0.39, 0.29) is 5.69 Å². The lowest BCUT2D eigenvalue weighted by atomic mass is 10.2. The first-order valence-corrected chi connectivity index (χ1v) is 5.25. The van der Waals surface area contributed by atoms with E-state index >= 15 is 0 Å². The van der Waals surface area contributed by atoms with Gasteiger partial charge in [0.1, 0.15) is 11.4 Å². The molecule has 1 N–H and O–H groups in total. The van der Waals surface area contributed by atoms with Gasteiger partial charge < -0.3 is 5.11 Å². The fraction of sp³-hybridized carbons (Fsp3) is 0. The first-order valence-electron chi connectivity index (χ1n) is 5.25. The van der Waals surface area contributed by atoms with Crippen LogP contribution in [0.25, 0.3) is 17.1 Å². The van der Waals surface area contributed by atoms with Crippen LogP contribution >= 0.6 is 0 Å². The lowest BCUT2D eigenvalue weighted by Gasteiger charge is -2.10. The predicted molar refractivity (Wildman–Crippen MR) is 62.7 cm³/mol. The number of aromatic nitrogens is 4. The van der Waals surface area contributed by atoms with Crippen molar-refractivity contribution in [2.75, 3.05) is 0 Å². The van der Waals surface area contributed by atoms with Crippen molar-refractivity contribution in [1.82, 2.24) is 19.7 Å². The first kappa shape index (κ1) is 10.4. The van der Waals surface area contributed by atoms with Crippen molar-refractivity contribution in [2.45, 2.75) is 0 Å². The number of para-hydroxylation sites is 1. The second-order valence-electron chi connectivity index (χ2n) is 3.69. The maximum Gasteiger partial charge on any atom is 0.358 e. The summed E-state index contributed by atoms with van der Waals surface area (Å²) in [5, 5.41) is 16.6. The summed E-state index contributed by atoms with van der Waals surface area (Å²) in [5.74, 6) is -1.10. The second-order valence-corrected chi connectivity index (χ2v) is 3.69. The minimum absolute atomic E-state index is 0.0729. The predicted octanol–water partition coefficient (Wildman–Crippen LogP) is 1.47. The lowest BCUT2D eigenvalue weighted by molar-refractivity contribution is 0.0691. The van der Waals surface area contributed by atoms with Crippen LogP contribution in [0, 0.1) is 0 Å². The number of fused-ring (bicyclic) bond motifs is 1. The molecule has 0 amide bonds. The van der Waals surface area contributed by atoms with Crippen LogP contribution in [0.1, 0.15) is 10.5 Å². The van der Waals surface area contributed by atoms with Gasteiger partial charge in [0.25, 0.3) is 0 Å². The van der Waals surface area contributed by atoms with Crippen LogP contribution in [0.3, 0.4) is 0 Å². The minimum atomic E-state index is -1.10. The molecular weight excluding hydrogens is 232 g/mol. The van der Waals surface area contributed by atoms with Crippen LogP contribution in [0.5, 0.6) is 0 Å². The number of aromatic carboxylic acids is 1. The highest BCUT2D eigenvalue weighted by Gasteiger charge is 2.22. The largest absolute Gasteiger partial charge is 0.476 e. The molecule has 3 rings (SSSR count). The van der Waals surface area contributed by atoms with Crippen LogP contribution in [-0.4, -0.2) is 30.8 Å². The molecule has 2 heterocycles. The summed E-state index contributed by atoms with van der Waals surface area (Å²) in [6.45, 7) is 0. The Hall–Kier alpha value is -2.76. The molecule has 0 fully saturated rings. The summed E-state index contributed by atoms with van der Waals surface area (Å²) < 4.78 is 1.67. The Morgan fingerprint density at radius 1 is 1.17 bits per heavy atom. The SMILES string of the molecule is O=C(O)c1nnc2cncn(-c3ccccc3)c1-2. The van der Waals surface area contributed by atoms with Gasteiger partial charge >= 0.3 is 5.97 Å². The van der Waals surface area contributed by atoms with Gasteiger partial charge in [0.05, 0.1) is 12.5 Å². The molecule has 0 aliphatic carbocycles. The van der Waals surface area contributed by atoms with Crippen LogP contribution in [0.15, 0.2) is 42.9 Å². The molecular formula is C12H8N4O2. The number of rotatable bonds is 2. The monoisotopic (exact) mass is 240 g/mol. The van der Waals surface area contributed by atoms with Gasteiger partial charge in [-0.2, -0.15) is 0 Å². The van der Waals surface area contributed by atoms with E-state index in [1.54, 1.807) is 10.9 Å². The maximum absolute atomic E-state index is 11.1. The Morgan fingerprint density at radius 3 is 2.67 bits per heavy atom. The highest BCUT2D eigenvalue weighted by molar-refractivity contribution is 5.93. The summed E-state index contributed by atoms with van der Waals surface area (Å²) in [5.41, 5.74) is 1.65. The van der Waals surface area contributed by atoms with Gasteiger partial charge in [-0.25, -0.2) is 9.78 Å². The molecule has 0 aromatic heterocycles. The van der Waals surface area contributed by atoms with Gasteiger partial charge in [-0.1, -0.05) is 18.2 Å². The average molecular weight is 240 g/mol. The smallest absolute Gasteiger partial charge is 0.358 e. The van der Waals surface area contributed by atoms with Crippen molar-refractivity contribution < 1.29 is 9.90 Å². The summed E-state index contributed by atoms with van der Waals surface area (Å²) in [7, 11) is 0. The highest BCUT2D eigenvalue weighted by Crippen LogP contribution is 2.24. The molecule has 0 saturated carbocycles. The zero-order chi connectivity index (χ0) is 12.5. The number of carboxylic acid groups (broad SMARTS) is 1. The molecule has 88 valence electrons. The average Bonchev–Trinajstić information content (AvgIpc) is 2.83. The Morgan fingerprint density at radius 2 is 1.94 bits per heavy atom. The number of hydrogen-bond acceptors (Lipinski definition) is 4. The minimum Gasteiger partial charge on any atom is -0.476 e. The van der Waals surface area contributed by atoms with E-state index in [4.69, 9.17) is 5.11 Å². The van der Waals surface area contributed by atoms with Crippen molar-refractivity contribution in [3.8, 4) is 17.1 Å². The Labute approximate surface area is 102 Å². The highest BCUT2D eigenvalue weighted by atomic mass is 16.4. The molecule has 1 aromatic carbocycles. The third kappa shape index (κ3) is 1.51. The van der Waals surface area contributed by atoms with Crippen LogP contribution in [0.4, 0.5) is 0 Å². The van der Waals surface area contributed by atoms with E-state index in [0.29, 0.717) is 11.4 Å². The van der Waals surface area contributed by atoms with Gasteiger partial charge in [0.2, 0.25) is 0 Å². The number of carbonyl (C=O) groups is 1. The number of nitrogens with zero attached hydrogens (tertiary/aromatic N) is 4. The van der Waals surface area contributed by atoms with Crippen molar-refractivity contribution in [3.63, 3.8) is 0 Å². The van der Waals surface area contributed by atoms with E-state index in [2.05, 4.69) is 15.2 Å². The van der Waals surface area contributed by atoms with Crippen molar-refractivity contribution >= 4 is 5.97 Å². The fourth-order valence-corrected chi connectivity index (χ4v) is 1.80. The molecule has 0 bridgehead atoms. The van der Waals surface area contributed by atoms with E-state index in [1.165, 1.54) is 6.20 Å². The Bertz CT molecular complexity index is 678. The van der Waals surface area contributed by atoms with E-state index in [1.807, 2.05) is 30.3 Å². The zero-order valence-electron chi connectivity index (χ0n) is 9.19. The quantitative estimate of drug-likeness (QED) is 0.733. The lowest BCUT2D eigenvalue weighted by Crippen LogP contribution is -2.06. The van der Waals surface area contributed by atoms with Gasteiger partial charge in [0.15, 0.2) is 5.69 Å². The number of hydrogen-bond donors (Lipinski definition) is 1. The molecule has 0 radical (unpaired) electrons. The maximum atomic E-state index is 11.1. The molecule has 0 spiro atoms. The molecule has 2 aliphatic rings. The van der Waals surface area contributed by atoms with E-state index in [9.17, 15) is 4.79 Å². The van der Waals surface area contributed by atoms with Crippen LogP contribution in [0.2, 0.25) is 0 Å². The topological polar surface area (TPSA) is 80.9 Å². The normalized spacial score (nSPS) is 10.7. The molecule has 2 aliphatic heterocycles. The number of carboxylic acids is 1. The summed E-state index contributed by atoms with van der Waals surface area (Å²) >= 11 is 0. The molecule has 6 heteroatoms.